The van der Waals surface area contributed by atoms with Crippen LogP contribution in [-0.2, 0) is 10.1 Å². The van der Waals surface area contributed by atoms with Crippen LogP contribution in [0, 0.1) is 0 Å². The Labute approximate surface area is 99.9 Å². The molecule has 0 aliphatic carbocycles. The van der Waals surface area contributed by atoms with E-state index in [1.165, 1.54) is 0 Å². The molecule has 0 aliphatic rings. The molecule has 0 bridgehead atoms. The molecule has 0 saturated heterocycles. The summed E-state index contributed by atoms with van der Waals surface area (Å²) in [6.45, 7) is 1.69. The third kappa shape index (κ3) is 17.8. The second-order valence-electron chi connectivity index (χ2n) is 1.29. The van der Waals surface area contributed by atoms with Gasteiger partial charge in [-0.1, -0.05) is 6.92 Å². The summed E-state index contributed by atoms with van der Waals surface area (Å²) < 4.78 is 27.6. The van der Waals surface area contributed by atoms with Crippen LogP contribution in [0.15, 0.2) is 0 Å². The fourth-order valence-corrected chi connectivity index (χ4v) is 0.774. The van der Waals surface area contributed by atoms with Crippen LogP contribution in [-0.4, -0.2) is 77.8 Å². The van der Waals surface area contributed by atoms with Gasteiger partial charge in [0, 0.05) is 0 Å². The average Bonchev–Trinajstić information content (AvgIpc) is 1.30. The van der Waals surface area contributed by atoms with Crippen LogP contribution in [0.1, 0.15) is 13.3 Å². The predicted molar refractivity (Wildman–Crippen MR) is 41.0 cm³/mol. The molecule has 0 aromatic rings. The first-order chi connectivity index (χ1) is 3.06. The van der Waals surface area contributed by atoms with Gasteiger partial charge in [-0.05, 0) is 6.42 Å². The van der Waals surface area contributed by atoms with Gasteiger partial charge in [0.1, 0.15) is 0 Å². The van der Waals surface area contributed by atoms with Gasteiger partial charge in [0.05, 0.1) is 5.75 Å². The molecule has 48 valence electrons. The molecule has 0 fully saturated rings. The summed E-state index contributed by atoms with van der Waals surface area (Å²) in [6.07, 6.45) is 0.471. The van der Waals surface area contributed by atoms with Crippen molar-refractivity contribution in [3.8, 4) is 0 Å². The Bertz CT molecular complexity index is 130. The Hall–Kier alpha value is 1.91. The van der Waals surface area contributed by atoms with E-state index in [2.05, 4.69) is 0 Å². The molecule has 1 N–H and O–H groups in total. The van der Waals surface area contributed by atoms with Crippen LogP contribution in [0.25, 0.3) is 0 Å². The van der Waals surface area contributed by atoms with Crippen LogP contribution < -0.4 is 0 Å². The minimum atomic E-state index is -3.67. The van der Waals surface area contributed by atoms with Crippen molar-refractivity contribution >= 4 is 69.2 Å². The summed E-state index contributed by atoms with van der Waals surface area (Å²) in [4.78, 5) is 0. The van der Waals surface area contributed by atoms with Gasteiger partial charge in [-0.3, -0.25) is 4.55 Å². The zero-order valence-corrected chi connectivity index (χ0v) is 4.90. The second kappa shape index (κ2) is 8.01. The van der Waals surface area contributed by atoms with E-state index >= 15 is 0 Å². The van der Waals surface area contributed by atoms with Gasteiger partial charge < -0.3 is 0 Å². The van der Waals surface area contributed by atoms with E-state index in [9.17, 15) is 8.42 Å². The SMILES string of the molecule is CCCS(=O)(=O)O.[NaH].[NaH]. The molecule has 6 heteroatoms. The normalized spacial score (nSPS) is 9.11. The number of hydrogen-bond donors (Lipinski definition) is 1. The molecule has 9 heavy (non-hydrogen) atoms. The van der Waals surface area contributed by atoms with Crippen molar-refractivity contribution in [1.29, 1.82) is 0 Å². The molecule has 0 saturated carbocycles. The summed E-state index contributed by atoms with van der Waals surface area (Å²) in [6, 6.07) is 0. The summed E-state index contributed by atoms with van der Waals surface area (Å²) >= 11 is 0. The quantitative estimate of drug-likeness (QED) is 0.429. The Morgan fingerprint density at radius 2 is 1.67 bits per heavy atom. The maximum absolute atomic E-state index is 9.79. The van der Waals surface area contributed by atoms with E-state index in [1.807, 2.05) is 0 Å². The Morgan fingerprint density at radius 3 is 1.67 bits per heavy atom. The number of hydrogen-bond acceptors (Lipinski definition) is 2. The van der Waals surface area contributed by atoms with Gasteiger partial charge in [0.2, 0.25) is 0 Å². The summed E-state index contributed by atoms with van der Waals surface area (Å²) in [5.74, 6) is -0.132. The third-order valence-electron chi connectivity index (χ3n) is 0.462. The van der Waals surface area contributed by atoms with Gasteiger partial charge in [0.15, 0.2) is 0 Å². The van der Waals surface area contributed by atoms with Crippen molar-refractivity contribution in [1.82, 2.24) is 0 Å². The monoisotopic (exact) mass is 172 g/mol. The average molecular weight is 172 g/mol. The van der Waals surface area contributed by atoms with E-state index in [-0.39, 0.29) is 64.9 Å². The van der Waals surface area contributed by atoms with Crippen LogP contribution in [0.3, 0.4) is 0 Å². The topological polar surface area (TPSA) is 54.4 Å². The molecule has 0 aromatic carbocycles. The van der Waals surface area contributed by atoms with E-state index < -0.39 is 10.1 Å². The number of rotatable bonds is 2. The first kappa shape index (κ1) is 17.1. The summed E-state index contributed by atoms with van der Waals surface area (Å²) in [7, 11) is -3.67. The van der Waals surface area contributed by atoms with Gasteiger partial charge in [0.25, 0.3) is 10.1 Å². The van der Waals surface area contributed by atoms with Gasteiger partial charge in [-0.2, -0.15) is 8.42 Å². The molecule has 0 radical (unpaired) electrons. The summed E-state index contributed by atoms with van der Waals surface area (Å²) in [5, 5.41) is 0. The van der Waals surface area contributed by atoms with Crippen LogP contribution in [0.2, 0.25) is 0 Å². The second-order valence-corrected chi connectivity index (χ2v) is 2.86. The Morgan fingerprint density at radius 1 is 1.33 bits per heavy atom. The van der Waals surface area contributed by atoms with Crippen molar-refractivity contribution in [2.75, 3.05) is 5.75 Å². The molecule has 0 atom stereocenters. The van der Waals surface area contributed by atoms with E-state index in [1.54, 1.807) is 6.92 Å². The molecule has 3 nitrogen and oxygen atoms in total. The van der Waals surface area contributed by atoms with Crippen LogP contribution >= 0.6 is 0 Å². The van der Waals surface area contributed by atoms with Crippen molar-refractivity contribution in [2.45, 2.75) is 13.3 Å². The zero-order valence-electron chi connectivity index (χ0n) is 4.09. The molecule has 0 heterocycles. The standard InChI is InChI=1S/C3H8O3S.2Na.2H/c1-2-3-7(4,5)6;;;;/h2-3H2,1H3,(H,4,5,6);;;;. The molecule has 0 aromatic heterocycles. The van der Waals surface area contributed by atoms with Crippen molar-refractivity contribution in [3.05, 3.63) is 0 Å². The Balaban J connectivity index is -0.000000180. The fourth-order valence-electron chi connectivity index (χ4n) is 0.258. The molecule has 0 spiro atoms. The molecule has 0 amide bonds. The molecule has 0 rings (SSSR count). The van der Waals surface area contributed by atoms with Crippen LogP contribution in [0.5, 0.6) is 0 Å². The molecular weight excluding hydrogens is 162 g/mol. The molecule has 0 aliphatic heterocycles. The molecule has 0 unspecified atom stereocenters. The third-order valence-corrected chi connectivity index (χ3v) is 1.39. The Kier molecular flexibility index (Phi) is 15.2. The van der Waals surface area contributed by atoms with E-state index in [0.29, 0.717) is 6.42 Å². The van der Waals surface area contributed by atoms with Crippen molar-refractivity contribution in [3.63, 3.8) is 0 Å². The van der Waals surface area contributed by atoms with Crippen LogP contribution in [0.4, 0.5) is 0 Å². The van der Waals surface area contributed by atoms with Gasteiger partial charge in [-0.15, -0.1) is 0 Å². The van der Waals surface area contributed by atoms with Gasteiger partial charge >= 0.3 is 59.1 Å². The van der Waals surface area contributed by atoms with Crippen molar-refractivity contribution in [2.24, 2.45) is 0 Å². The minimum absolute atomic E-state index is 0. The van der Waals surface area contributed by atoms with Gasteiger partial charge in [-0.25, -0.2) is 0 Å². The van der Waals surface area contributed by atoms with Crippen molar-refractivity contribution < 1.29 is 13.0 Å². The fraction of sp³-hybridized carbons (Fsp3) is 1.00. The first-order valence-corrected chi connectivity index (χ1v) is 3.62. The predicted octanol–water partition coefficient (Wildman–Crippen LogP) is -1.01. The van der Waals surface area contributed by atoms with E-state index in [0.717, 1.165) is 0 Å². The summed E-state index contributed by atoms with van der Waals surface area (Å²) in [5.41, 5.74) is 0. The van der Waals surface area contributed by atoms with E-state index in [4.69, 9.17) is 4.55 Å². The molecular formula is C3H10Na2O3S. The zero-order chi connectivity index (χ0) is 5.91. The first-order valence-electron chi connectivity index (χ1n) is 2.01. The maximum atomic E-state index is 9.79.